The minimum absolute atomic E-state index is 0.0941. The minimum atomic E-state index is -0.0941. The van der Waals surface area contributed by atoms with Crippen molar-refractivity contribution in [1.29, 1.82) is 0 Å². The zero-order chi connectivity index (χ0) is 13.5. The lowest BCUT2D eigenvalue weighted by Gasteiger charge is -2.13. The molecule has 0 radical (unpaired) electrons. The van der Waals surface area contributed by atoms with Crippen LogP contribution in [0.1, 0.15) is 12.5 Å². The third-order valence-corrected chi connectivity index (χ3v) is 2.74. The first-order chi connectivity index (χ1) is 8.52. The maximum atomic E-state index is 11.7. The molecule has 1 aromatic carbocycles. The van der Waals surface area contributed by atoms with Gasteiger partial charge in [-0.1, -0.05) is 17.7 Å². The van der Waals surface area contributed by atoms with Gasteiger partial charge in [0.05, 0.1) is 13.2 Å². The number of hydrogen-bond acceptors (Lipinski definition) is 3. The van der Waals surface area contributed by atoms with Crippen LogP contribution in [0.3, 0.4) is 0 Å². The molecule has 100 valence electrons. The molecule has 0 aromatic heterocycles. The van der Waals surface area contributed by atoms with Crippen molar-refractivity contribution >= 4 is 23.2 Å². The normalized spacial score (nSPS) is 12.2. The van der Waals surface area contributed by atoms with Crippen LogP contribution in [-0.4, -0.2) is 32.2 Å². The van der Waals surface area contributed by atoms with Crippen LogP contribution < -0.4 is 10.6 Å². The summed E-state index contributed by atoms with van der Waals surface area (Å²) >= 11 is 5.89. The van der Waals surface area contributed by atoms with E-state index in [4.69, 9.17) is 16.3 Å². The van der Waals surface area contributed by atoms with Crippen molar-refractivity contribution < 1.29 is 9.53 Å². The monoisotopic (exact) mass is 270 g/mol. The summed E-state index contributed by atoms with van der Waals surface area (Å²) in [6.45, 7) is 4.70. The summed E-state index contributed by atoms with van der Waals surface area (Å²) < 4.78 is 4.98. The van der Waals surface area contributed by atoms with E-state index in [0.717, 1.165) is 11.3 Å². The highest BCUT2D eigenvalue weighted by atomic mass is 35.5. The van der Waals surface area contributed by atoms with Crippen molar-refractivity contribution in [3.63, 3.8) is 0 Å². The number of nitrogens with one attached hydrogen (secondary N) is 2. The first kappa shape index (κ1) is 15.0. The third kappa shape index (κ3) is 5.04. The predicted octanol–water partition coefficient (Wildman–Crippen LogP) is 2.21. The second-order valence-electron chi connectivity index (χ2n) is 4.24. The Morgan fingerprint density at radius 2 is 2.22 bits per heavy atom. The number of halogens is 1. The van der Waals surface area contributed by atoms with Crippen LogP contribution in [-0.2, 0) is 9.53 Å². The number of ether oxygens (including phenoxy) is 1. The number of carbonyl (C=O) groups excluding carboxylic acids is 1. The highest BCUT2D eigenvalue weighted by molar-refractivity contribution is 6.31. The van der Waals surface area contributed by atoms with Gasteiger partial charge in [0.2, 0.25) is 5.91 Å². The highest BCUT2D eigenvalue weighted by Crippen LogP contribution is 2.19. The summed E-state index contributed by atoms with van der Waals surface area (Å²) in [6.07, 6.45) is 0. The van der Waals surface area contributed by atoms with Crippen molar-refractivity contribution in [1.82, 2.24) is 5.32 Å². The summed E-state index contributed by atoms with van der Waals surface area (Å²) in [4.78, 5) is 11.7. The molecule has 1 unspecified atom stereocenters. The van der Waals surface area contributed by atoms with Crippen LogP contribution in [0.4, 0.5) is 5.69 Å². The highest BCUT2D eigenvalue weighted by Gasteiger charge is 2.07. The molecule has 0 aliphatic heterocycles. The maximum absolute atomic E-state index is 11.7. The molecule has 1 amide bonds. The molecule has 18 heavy (non-hydrogen) atoms. The zero-order valence-electron chi connectivity index (χ0n) is 10.9. The van der Waals surface area contributed by atoms with E-state index in [-0.39, 0.29) is 18.5 Å². The smallest absolute Gasteiger partial charge is 0.238 e. The Bertz CT molecular complexity index is 410. The van der Waals surface area contributed by atoms with Gasteiger partial charge in [-0.2, -0.15) is 0 Å². The fourth-order valence-corrected chi connectivity index (χ4v) is 1.67. The van der Waals surface area contributed by atoms with Gasteiger partial charge in [-0.05, 0) is 31.5 Å². The Morgan fingerprint density at radius 3 is 2.89 bits per heavy atom. The number of methoxy groups -OCH3 is 1. The number of amides is 1. The molecule has 0 saturated heterocycles. The van der Waals surface area contributed by atoms with Crippen molar-refractivity contribution in [3.05, 3.63) is 28.8 Å². The molecule has 2 N–H and O–H groups in total. The van der Waals surface area contributed by atoms with Gasteiger partial charge >= 0.3 is 0 Å². The molecule has 5 heteroatoms. The fourth-order valence-electron chi connectivity index (χ4n) is 1.50. The summed E-state index contributed by atoms with van der Waals surface area (Å²) in [6, 6.07) is 5.55. The number of rotatable bonds is 6. The van der Waals surface area contributed by atoms with Gasteiger partial charge in [-0.25, -0.2) is 0 Å². The van der Waals surface area contributed by atoms with Gasteiger partial charge < -0.3 is 15.4 Å². The van der Waals surface area contributed by atoms with E-state index in [9.17, 15) is 4.79 Å². The van der Waals surface area contributed by atoms with Gasteiger partial charge in [0.1, 0.15) is 0 Å². The van der Waals surface area contributed by atoms with Gasteiger partial charge in [-0.3, -0.25) is 4.79 Å². The molecule has 1 rings (SSSR count). The molecule has 0 saturated carbocycles. The van der Waals surface area contributed by atoms with E-state index in [2.05, 4.69) is 10.6 Å². The Morgan fingerprint density at radius 1 is 1.50 bits per heavy atom. The van der Waals surface area contributed by atoms with Crippen molar-refractivity contribution in [2.45, 2.75) is 19.9 Å². The van der Waals surface area contributed by atoms with E-state index < -0.39 is 0 Å². The average molecular weight is 271 g/mol. The van der Waals surface area contributed by atoms with Crippen molar-refractivity contribution in [3.8, 4) is 0 Å². The van der Waals surface area contributed by atoms with Crippen LogP contribution >= 0.6 is 11.6 Å². The van der Waals surface area contributed by atoms with Crippen molar-refractivity contribution in [2.24, 2.45) is 0 Å². The molecule has 0 spiro atoms. The molecule has 0 heterocycles. The summed E-state index contributed by atoms with van der Waals surface area (Å²) in [5, 5.41) is 6.50. The number of hydrogen-bond donors (Lipinski definition) is 2. The SMILES string of the molecule is COCC(C)NCC(=O)Nc1cc(Cl)ccc1C. The van der Waals surface area contributed by atoms with Crippen LogP contribution in [0.2, 0.25) is 5.02 Å². The molecule has 0 fully saturated rings. The maximum Gasteiger partial charge on any atom is 0.238 e. The molecule has 1 atom stereocenters. The molecule has 1 aromatic rings. The van der Waals surface area contributed by atoms with E-state index in [1.54, 1.807) is 19.2 Å². The van der Waals surface area contributed by atoms with Gasteiger partial charge in [-0.15, -0.1) is 0 Å². The minimum Gasteiger partial charge on any atom is -0.383 e. The Labute approximate surface area is 113 Å². The van der Waals surface area contributed by atoms with Crippen molar-refractivity contribution in [2.75, 3.05) is 25.6 Å². The Hall–Kier alpha value is -1.10. The molecule has 4 nitrogen and oxygen atoms in total. The van der Waals surface area contributed by atoms with E-state index >= 15 is 0 Å². The molecule has 0 aliphatic rings. The Balaban J connectivity index is 2.47. The lowest BCUT2D eigenvalue weighted by atomic mass is 10.2. The molecular formula is C13H19ClN2O2. The van der Waals surface area contributed by atoms with Gasteiger partial charge in [0.15, 0.2) is 0 Å². The summed E-state index contributed by atoms with van der Waals surface area (Å²) in [5.74, 6) is -0.0941. The predicted molar refractivity (Wildman–Crippen MR) is 74.2 cm³/mol. The van der Waals surface area contributed by atoms with Crippen LogP contribution in [0, 0.1) is 6.92 Å². The number of anilines is 1. The Kier molecular flexibility index (Phi) is 6.12. The average Bonchev–Trinajstić information content (AvgIpc) is 2.32. The first-order valence-electron chi connectivity index (χ1n) is 5.81. The van der Waals surface area contributed by atoms with Crippen LogP contribution in [0.5, 0.6) is 0 Å². The van der Waals surface area contributed by atoms with E-state index in [1.807, 2.05) is 19.9 Å². The number of benzene rings is 1. The summed E-state index contributed by atoms with van der Waals surface area (Å²) in [7, 11) is 1.63. The molecular weight excluding hydrogens is 252 g/mol. The van der Waals surface area contributed by atoms with Crippen LogP contribution in [0.15, 0.2) is 18.2 Å². The second-order valence-corrected chi connectivity index (χ2v) is 4.68. The van der Waals surface area contributed by atoms with Gasteiger partial charge in [0, 0.05) is 23.9 Å². The molecule has 0 bridgehead atoms. The van der Waals surface area contributed by atoms with Gasteiger partial charge in [0.25, 0.3) is 0 Å². The zero-order valence-corrected chi connectivity index (χ0v) is 11.7. The fraction of sp³-hybridized carbons (Fsp3) is 0.462. The first-order valence-corrected chi connectivity index (χ1v) is 6.19. The van der Waals surface area contributed by atoms with E-state index in [1.165, 1.54) is 0 Å². The third-order valence-electron chi connectivity index (χ3n) is 2.50. The lowest BCUT2D eigenvalue weighted by molar-refractivity contribution is -0.115. The van der Waals surface area contributed by atoms with E-state index in [0.29, 0.717) is 11.6 Å². The van der Waals surface area contributed by atoms with Crippen LogP contribution in [0.25, 0.3) is 0 Å². The number of aryl methyl sites for hydroxylation is 1. The quantitative estimate of drug-likeness (QED) is 0.833. The summed E-state index contributed by atoms with van der Waals surface area (Å²) in [5.41, 5.74) is 1.73. The lowest BCUT2D eigenvalue weighted by Crippen LogP contribution is -2.36. The largest absolute Gasteiger partial charge is 0.383 e. The molecule has 0 aliphatic carbocycles. The number of carbonyl (C=O) groups is 1. The second kappa shape index (κ2) is 7.36. The topological polar surface area (TPSA) is 50.4 Å². The standard InChI is InChI=1S/C13H19ClN2O2/c1-9-4-5-11(14)6-12(9)16-13(17)7-15-10(2)8-18-3/h4-6,10,15H,7-8H2,1-3H3,(H,16,17).